The number of aryl methyl sites for hydroxylation is 1. The molecule has 0 saturated heterocycles. The minimum atomic E-state index is -4.68. The van der Waals surface area contributed by atoms with Crippen molar-refractivity contribution in [2.45, 2.75) is 43.7 Å². The van der Waals surface area contributed by atoms with Crippen molar-refractivity contribution in [1.82, 2.24) is 4.57 Å². The number of sulfonamides is 1. The number of carbonyl (C=O) groups excluding carboxylic acids is 2. The fourth-order valence-electron chi connectivity index (χ4n) is 3.45. The highest BCUT2D eigenvalue weighted by atomic mass is 32.2. The highest BCUT2D eigenvalue weighted by molar-refractivity contribution is 7.92. The Morgan fingerprint density at radius 3 is 2.42 bits per heavy atom. The first-order valence-corrected chi connectivity index (χ1v) is 11.6. The Morgan fingerprint density at radius 2 is 1.79 bits per heavy atom. The van der Waals surface area contributed by atoms with E-state index in [4.69, 9.17) is 5.73 Å². The monoisotopic (exact) mass is 481 g/mol. The van der Waals surface area contributed by atoms with Gasteiger partial charge < -0.3 is 5.73 Å². The molecule has 0 aliphatic carbocycles. The maximum absolute atomic E-state index is 13.0. The van der Waals surface area contributed by atoms with Crippen molar-refractivity contribution in [3.8, 4) is 0 Å². The lowest BCUT2D eigenvalue weighted by Gasteiger charge is -2.12. The fourth-order valence-corrected chi connectivity index (χ4v) is 4.54. The van der Waals surface area contributed by atoms with Crippen molar-refractivity contribution in [3.05, 3.63) is 59.8 Å². The summed E-state index contributed by atoms with van der Waals surface area (Å²) in [5.74, 6) is -0.700. The number of benzene rings is 2. The molecule has 0 aliphatic heterocycles. The van der Waals surface area contributed by atoms with Gasteiger partial charge in [0.15, 0.2) is 0 Å². The topological polar surface area (TPSA) is 111 Å². The van der Waals surface area contributed by atoms with Crippen LogP contribution in [-0.2, 0) is 27.4 Å². The van der Waals surface area contributed by atoms with Gasteiger partial charge in [0.2, 0.25) is 11.8 Å². The van der Waals surface area contributed by atoms with Gasteiger partial charge in [-0.15, -0.1) is 0 Å². The van der Waals surface area contributed by atoms with E-state index in [-0.39, 0.29) is 30.9 Å². The largest absolute Gasteiger partial charge is 0.416 e. The second kappa shape index (κ2) is 9.26. The average molecular weight is 481 g/mol. The molecule has 176 valence electrons. The van der Waals surface area contributed by atoms with Crippen LogP contribution in [-0.4, -0.2) is 24.8 Å². The number of fused-ring (bicyclic) bond motifs is 1. The number of rotatable bonds is 8. The van der Waals surface area contributed by atoms with Gasteiger partial charge in [-0.25, -0.2) is 8.42 Å². The van der Waals surface area contributed by atoms with Crippen LogP contribution < -0.4 is 10.5 Å². The zero-order valence-electron chi connectivity index (χ0n) is 17.6. The van der Waals surface area contributed by atoms with Crippen molar-refractivity contribution in [3.63, 3.8) is 0 Å². The number of alkyl halides is 3. The number of nitrogens with one attached hydrogen (secondary N) is 1. The summed E-state index contributed by atoms with van der Waals surface area (Å²) in [7, 11) is -4.30. The van der Waals surface area contributed by atoms with Gasteiger partial charge in [-0.05, 0) is 55.3 Å². The van der Waals surface area contributed by atoms with E-state index >= 15 is 0 Å². The number of nitrogens with zero attached hydrogens (tertiary/aromatic N) is 1. The van der Waals surface area contributed by atoms with Gasteiger partial charge in [0.1, 0.15) is 0 Å². The Morgan fingerprint density at radius 1 is 1.06 bits per heavy atom. The van der Waals surface area contributed by atoms with Crippen LogP contribution >= 0.6 is 0 Å². The van der Waals surface area contributed by atoms with Crippen LogP contribution in [0.2, 0.25) is 0 Å². The molecule has 3 aromatic rings. The summed E-state index contributed by atoms with van der Waals surface area (Å²) in [6, 6.07) is 9.53. The molecule has 0 atom stereocenters. The Kier molecular flexibility index (Phi) is 6.82. The van der Waals surface area contributed by atoms with E-state index in [1.54, 1.807) is 12.1 Å². The lowest BCUT2D eigenvalue weighted by molar-refractivity contribution is -0.137. The molecule has 0 radical (unpaired) electrons. The van der Waals surface area contributed by atoms with E-state index in [1.807, 2.05) is 6.92 Å². The number of anilines is 1. The first-order valence-electron chi connectivity index (χ1n) is 10.1. The lowest BCUT2D eigenvalue weighted by Crippen LogP contribution is -2.16. The van der Waals surface area contributed by atoms with Crippen LogP contribution in [0.15, 0.2) is 53.4 Å². The van der Waals surface area contributed by atoms with Gasteiger partial charge in [0.25, 0.3) is 10.0 Å². The van der Waals surface area contributed by atoms with Crippen molar-refractivity contribution >= 4 is 38.4 Å². The van der Waals surface area contributed by atoms with Gasteiger partial charge >= 0.3 is 6.18 Å². The molecule has 0 bridgehead atoms. The molecule has 0 fully saturated rings. The second-order valence-corrected chi connectivity index (χ2v) is 9.17. The molecule has 0 aliphatic rings. The Labute approximate surface area is 188 Å². The molecule has 1 heterocycles. The number of aromatic nitrogens is 1. The van der Waals surface area contributed by atoms with Crippen LogP contribution in [0.5, 0.6) is 0 Å². The summed E-state index contributed by atoms with van der Waals surface area (Å²) in [6.07, 6.45) is -3.53. The van der Waals surface area contributed by atoms with E-state index in [0.29, 0.717) is 29.1 Å². The molecule has 0 unspecified atom stereocenters. The summed E-state index contributed by atoms with van der Waals surface area (Å²) < 4.78 is 68.0. The minimum Gasteiger partial charge on any atom is -0.370 e. The number of halogens is 3. The molecule has 1 aromatic heterocycles. The Hall–Kier alpha value is -3.34. The summed E-state index contributed by atoms with van der Waals surface area (Å²) in [5, 5.41) is 0.531. The zero-order chi connectivity index (χ0) is 24.4. The maximum atomic E-state index is 13.0. The number of hydrogen-bond acceptors (Lipinski definition) is 4. The number of amides is 1. The van der Waals surface area contributed by atoms with Crippen molar-refractivity contribution in [2.75, 3.05) is 4.72 Å². The van der Waals surface area contributed by atoms with Crippen LogP contribution in [0.25, 0.3) is 10.9 Å². The highest BCUT2D eigenvalue weighted by Gasteiger charge is 2.31. The molecule has 3 rings (SSSR count). The average Bonchev–Trinajstić information content (AvgIpc) is 3.09. The van der Waals surface area contributed by atoms with E-state index in [9.17, 15) is 31.2 Å². The number of carbonyl (C=O) groups is 2. The molecular weight excluding hydrogens is 459 g/mol. The molecule has 3 N–H and O–H groups in total. The van der Waals surface area contributed by atoms with E-state index in [1.165, 1.54) is 16.7 Å². The molecule has 11 heteroatoms. The predicted octanol–water partition coefficient (Wildman–Crippen LogP) is 4.32. The van der Waals surface area contributed by atoms with Gasteiger partial charge in [-0.3, -0.25) is 18.9 Å². The van der Waals surface area contributed by atoms with Gasteiger partial charge in [0.05, 0.1) is 16.0 Å². The second-order valence-electron chi connectivity index (χ2n) is 7.49. The zero-order valence-corrected chi connectivity index (χ0v) is 18.5. The smallest absolute Gasteiger partial charge is 0.370 e. The molecule has 0 saturated carbocycles. The van der Waals surface area contributed by atoms with Crippen LogP contribution in [0.1, 0.15) is 42.2 Å². The number of primary amides is 1. The fraction of sp³-hybridized carbons (Fsp3) is 0.273. The van der Waals surface area contributed by atoms with E-state index < -0.39 is 32.6 Å². The highest BCUT2D eigenvalue weighted by Crippen LogP contribution is 2.31. The predicted molar refractivity (Wildman–Crippen MR) is 117 cm³/mol. The number of hydrogen-bond donors (Lipinski definition) is 2. The first-order chi connectivity index (χ1) is 15.4. The molecule has 0 spiro atoms. The molecule has 1 amide bonds. The third-order valence-electron chi connectivity index (χ3n) is 4.94. The first kappa shape index (κ1) is 24.3. The van der Waals surface area contributed by atoms with Crippen molar-refractivity contribution in [1.29, 1.82) is 0 Å². The van der Waals surface area contributed by atoms with Crippen LogP contribution in [0.4, 0.5) is 18.9 Å². The van der Waals surface area contributed by atoms with E-state index in [0.717, 1.165) is 18.2 Å². The standard InChI is InChI=1S/C22H22F3N3O4S/c1-2-4-21(30)28-17(8-10-20(26)29)12-14-11-16(7-9-19(14)28)27-33(31,32)18-6-3-5-15(13-18)22(23,24)25/h3,5-7,9,11-13,27H,2,4,8,10H2,1H3,(H2,26,29). The summed E-state index contributed by atoms with van der Waals surface area (Å²) >= 11 is 0. The minimum absolute atomic E-state index is 0.0325. The number of nitrogens with two attached hydrogens (primary N) is 1. The molecular formula is C22H22F3N3O4S. The Bertz CT molecular complexity index is 1310. The molecule has 33 heavy (non-hydrogen) atoms. The Balaban J connectivity index is 1.98. The lowest BCUT2D eigenvalue weighted by atomic mass is 10.2. The van der Waals surface area contributed by atoms with Crippen molar-refractivity contribution in [2.24, 2.45) is 5.73 Å². The van der Waals surface area contributed by atoms with Crippen LogP contribution in [0, 0.1) is 0 Å². The van der Waals surface area contributed by atoms with Gasteiger partial charge in [-0.1, -0.05) is 13.0 Å². The third-order valence-corrected chi connectivity index (χ3v) is 6.32. The maximum Gasteiger partial charge on any atom is 0.416 e. The normalized spacial score (nSPS) is 12.1. The summed E-state index contributed by atoms with van der Waals surface area (Å²) in [6.45, 7) is 1.85. The quantitative estimate of drug-likeness (QED) is 0.499. The van der Waals surface area contributed by atoms with Gasteiger partial charge in [-0.2, -0.15) is 13.2 Å². The molecule has 2 aromatic carbocycles. The van der Waals surface area contributed by atoms with Crippen molar-refractivity contribution < 1.29 is 31.2 Å². The molecule has 7 nitrogen and oxygen atoms in total. The van der Waals surface area contributed by atoms with E-state index in [2.05, 4.69) is 4.72 Å². The SMILES string of the molecule is CCCC(=O)n1c(CCC(N)=O)cc2cc(NS(=O)(=O)c3cccc(C(F)(F)F)c3)ccc21. The summed E-state index contributed by atoms with van der Waals surface area (Å²) in [4.78, 5) is 23.3. The summed E-state index contributed by atoms with van der Waals surface area (Å²) in [5.41, 5.74) is 5.34. The van der Waals surface area contributed by atoms with Crippen LogP contribution in [0.3, 0.4) is 0 Å². The van der Waals surface area contributed by atoms with Gasteiger partial charge in [0, 0.05) is 29.6 Å². The third kappa shape index (κ3) is 5.54.